The van der Waals surface area contributed by atoms with E-state index in [0.717, 1.165) is 25.9 Å². The van der Waals surface area contributed by atoms with Gasteiger partial charge in [-0.25, -0.2) is 0 Å². The van der Waals surface area contributed by atoms with Crippen LogP contribution in [-0.4, -0.2) is 20.9 Å². The maximum Gasteiger partial charge on any atom is 0.311 e. The van der Waals surface area contributed by atoms with Crippen molar-refractivity contribution in [2.75, 3.05) is 0 Å². The average Bonchev–Trinajstić information content (AvgIpc) is 2.72. The van der Waals surface area contributed by atoms with Crippen molar-refractivity contribution in [1.29, 1.82) is 0 Å². The molecule has 0 bridgehead atoms. The minimum absolute atomic E-state index is 0.396. The van der Waals surface area contributed by atoms with Crippen molar-refractivity contribution in [3.63, 3.8) is 0 Å². The molecule has 1 aromatic heterocycles. The summed E-state index contributed by atoms with van der Waals surface area (Å²) in [5.74, 6) is -1.45. The molecule has 0 fully saturated rings. The molecule has 112 valence electrons. The topological polar surface area (TPSA) is 55.1 Å². The van der Waals surface area contributed by atoms with E-state index in [4.69, 9.17) is 0 Å². The highest BCUT2D eigenvalue weighted by atomic mass is 79.9. The number of rotatable bonds is 5. The van der Waals surface area contributed by atoms with Crippen LogP contribution in [0.15, 0.2) is 33.2 Å². The molecule has 0 radical (unpaired) electrons. The van der Waals surface area contributed by atoms with Gasteiger partial charge in [-0.15, -0.1) is 0 Å². The van der Waals surface area contributed by atoms with Crippen LogP contribution in [0.5, 0.6) is 0 Å². The molecule has 0 aliphatic carbocycles. The first kappa shape index (κ1) is 16.2. The molecule has 1 heterocycles. The lowest BCUT2D eigenvalue weighted by Gasteiger charge is -2.15. The molecule has 0 saturated heterocycles. The monoisotopic (exact) mass is 414 g/mol. The maximum atomic E-state index is 11.7. The Morgan fingerprint density at radius 3 is 2.62 bits per heavy atom. The highest BCUT2D eigenvalue weighted by Gasteiger charge is 2.26. The molecular formula is C15H16Br2N2O2. The number of hydrogen-bond donors (Lipinski definition) is 1. The minimum Gasteiger partial charge on any atom is -0.481 e. The summed E-state index contributed by atoms with van der Waals surface area (Å²) < 4.78 is 3.56. The number of hydrogen-bond acceptors (Lipinski definition) is 2. The summed E-state index contributed by atoms with van der Waals surface area (Å²) in [6, 6.07) is 7.44. The third-order valence-electron chi connectivity index (χ3n) is 3.43. The van der Waals surface area contributed by atoms with Crippen LogP contribution in [0.4, 0.5) is 0 Å². The molecule has 1 unspecified atom stereocenters. The first-order valence-corrected chi connectivity index (χ1v) is 8.23. The van der Waals surface area contributed by atoms with Crippen LogP contribution in [-0.2, 0) is 17.8 Å². The number of carboxylic acid groups (broad SMARTS) is 1. The Bertz CT molecular complexity index is 668. The van der Waals surface area contributed by atoms with Gasteiger partial charge in [0.25, 0.3) is 0 Å². The molecule has 0 amide bonds. The van der Waals surface area contributed by atoms with E-state index >= 15 is 0 Å². The van der Waals surface area contributed by atoms with Crippen LogP contribution in [0.3, 0.4) is 0 Å². The molecule has 0 aliphatic heterocycles. The van der Waals surface area contributed by atoms with Gasteiger partial charge in [0, 0.05) is 17.4 Å². The first-order valence-electron chi connectivity index (χ1n) is 6.64. The highest BCUT2D eigenvalue weighted by molar-refractivity contribution is 9.10. The second-order valence-electron chi connectivity index (χ2n) is 4.78. The van der Waals surface area contributed by atoms with E-state index in [1.54, 1.807) is 0 Å². The van der Waals surface area contributed by atoms with Crippen LogP contribution in [0.25, 0.3) is 0 Å². The van der Waals surface area contributed by atoms with Gasteiger partial charge in [0.05, 0.1) is 21.8 Å². The van der Waals surface area contributed by atoms with Gasteiger partial charge in [-0.3, -0.25) is 9.48 Å². The Balaban J connectivity index is 2.43. The zero-order valence-electron chi connectivity index (χ0n) is 11.8. The summed E-state index contributed by atoms with van der Waals surface area (Å²) in [5, 5.41) is 14.0. The van der Waals surface area contributed by atoms with Crippen molar-refractivity contribution in [2.24, 2.45) is 0 Å². The summed E-state index contributed by atoms with van der Waals surface area (Å²) in [7, 11) is 0. The molecule has 0 spiro atoms. The predicted octanol–water partition coefficient (Wildman–Crippen LogP) is 4.15. The van der Waals surface area contributed by atoms with E-state index in [9.17, 15) is 9.90 Å². The summed E-state index contributed by atoms with van der Waals surface area (Å²) in [5.41, 5.74) is 2.57. The van der Waals surface area contributed by atoms with Crippen LogP contribution in [0.1, 0.15) is 29.8 Å². The Morgan fingerprint density at radius 2 is 2.05 bits per heavy atom. The van der Waals surface area contributed by atoms with Crippen LogP contribution in [0, 0.1) is 6.92 Å². The summed E-state index contributed by atoms with van der Waals surface area (Å²) in [6.07, 6.45) is 0.396. The predicted molar refractivity (Wildman–Crippen MR) is 88.6 cm³/mol. The molecule has 0 aliphatic rings. The molecule has 1 N–H and O–H groups in total. The number of carboxylic acids is 1. The van der Waals surface area contributed by atoms with E-state index in [-0.39, 0.29) is 0 Å². The Kier molecular flexibility index (Phi) is 5.22. The lowest BCUT2D eigenvalue weighted by atomic mass is 9.94. The minimum atomic E-state index is -0.838. The lowest BCUT2D eigenvalue weighted by Crippen LogP contribution is -2.17. The Labute approximate surface area is 140 Å². The number of nitrogens with zero attached hydrogens (tertiary/aromatic N) is 2. The molecule has 2 aromatic rings. The van der Waals surface area contributed by atoms with Crippen molar-refractivity contribution in [3.05, 3.63) is 50.2 Å². The van der Waals surface area contributed by atoms with Gasteiger partial charge < -0.3 is 5.11 Å². The highest BCUT2D eigenvalue weighted by Crippen LogP contribution is 2.31. The third kappa shape index (κ3) is 3.37. The fourth-order valence-corrected chi connectivity index (χ4v) is 3.35. The summed E-state index contributed by atoms with van der Waals surface area (Å²) in [6.45, 7) is 4.62. The van der Waals surface area contributed by atoms with Gasteiger partial charge >= 0.3 is 5.97 Å². The SMILES string of the molecule is CCn1nc(C)c(Br)c1CC(C(=O)O)c1ccccc1Br. The second-order valence-corrected chi connectivity index (χ2v) is 6.43. The molecule has 2 rings (SSSR count). The van der Waals surface area contributed by atoms with Crippen molar-refractivity contribution in [2.45, 2.75) is 32.7 Å². The fourth-order valence-electron chi connectivity index (χ4n) is 2.35. The van der Waals surface area contributed by atoms with Gasteiger partial charge in [0.15, 0.2) is 0 Å². The molecule has 6 heteroatoms. The van der Waals surface area contributed by atoms with Crippen molar-refractivity contribution in [3.8, 4) is 0 Å². The molecular weight excluding hydrogens is 400 g/mol. The van der Waals surface area contributed by atoms with E-state index in [1.165, 1.54) is 0 Å². The molecule has 21 heavy (non-hydrogen) atoms. The zero-order chi connectivity index (χ0) is 15.6. The van der Waals surface area contributed by atoms with Gasteiger partial charge in [-0.1, -0.05) is 34.1 Å². The molecule has 4 nitrogen and oxygen atoms in total. The largest absolute Gasteiger partial charge is 0.481 e. The van der Waals surface area contributed by atoms with Crippen LogP contribution < -0.4 is 0 Å². The molecule has 1 atom stereocenters. The second kappa shape index (κ2) is 6.75. The number of benzene rings is 1. The summed E-state index contributed by atoms with van der Waals surface area (Å²) in [4.78, 5) is 11.7. The zero-order valence-corrected chi connectivity index (χ0v) is 15.0. The number of aromatic nitrogens is 2. The number of aliphatic carboxylic acids is 1. The number of halogens is 2. The fraction of sp³-hybridized carbons (Fsp3) is 0.333. The van der Waals surface area contributed by atoms with Crippen molar-refractivity contribution in [1.82, 2.24) is 9.78 Å². The number of aryl methyl sites for hydroxylation is 2. The van der Waals surface area contributed by atoms with Gasteiger partial charge in [-0.05, 0) is 41.4 Å². The molecule has 0 saturated carbocycles. The molecule has 1 aromatic carbocycles. The lowest BCUT2D eigenvalue weighted by molar-refractivity contribution is -0.138. The van der Waals surface area contributed by atoms with E-state index in [1.807, 2.05) is 42.8 Å². The number of carbonyl (C=O) groups is 1. The van der Waals surface area contributed by atoms with E-state index in [2.05, 4.69) is 37.0 Å². The van der Waals surface area contributed by atoms with Gasteiger partial charge in [0.2, 0.25) is 0 Å². The van der Waals surface area contributed by atoms with Gasteiger partial charge in [0.1, 0.15) is 0 Å². The first-order chi connectivity index (χ1) is 9.95. The van der Waals surface area contributed by atoms with Gasteiger partial charge in [-0.2, -0.15) is 5.10 Å². The van der Waals surface area contributed by atoms with E-state index in [0.29, 0.717) is 13.0 Å². The van der Waals surface area contributed by atoms with Crippen molar-refractivity contribution >= 4 is 37.8 Å². The van der Waals surface area contributed by atoms with Crippen LogP contribution >= 0.6 is 31.9 Å². The normalized spacial score (nSPS) is 12.4. The quantitative estimate of drug-likeness (QED) is 0.797. The van der Waals surface area contributed by atoms with E-state index < -0.39 is 11.9 Å². The average molecular weight is 416 g/mol. The Morgan fingerprint density at radius 1 is 1.38 bits per heavy atom. The Hall–Kier alpha value is -1.14. The standard InChI is InChI=1S/C15H16Br2N2O2/c1-3-19-13(14(17)9(2)18-19)8-11(15(20)21)10-6-4-5-7-12(10)16/h4-7,11H,3,8H2,1-2H3,(H,20,21). The maximum absolute atomic E-state index is 11.7. The van der Waals surface area contributed by atoms with Crippen LogP contribution in [0.2, 0.25) is 0 Å². The third-order valence-corrected chi connectivity index (χ3v) is 5.18. The summed E-state index contributed by atoms with van der Waals surface area (Å²) >= 11 is 6.96. The smallest absolute Gasteiger partial charge is 0.311 e. The van der Waals surface area contributed by atoms with Crippen molar-refractivity contribution < 1.29 is 9.90 Å².